The van der Waals surface area contributed by atoms with Crippen LogP contribution in [0.2, 0.25) is 0 Å². The molecule has 0 saturated carbocycles. The molecule has 1 atom stereocenters. The summed E-state index contributed by atoms with van der Waals surface area (Å²) in [5.74, 6) is -0.320. The zero-order valence-electron chi connectivity index (χ0n) is 12.6. The maximum Gasteiger partial charge on any atom is 0.291 e. The molecule has 1 saturated heterocycles. The van der Waals surface area contributed by atoms with Crippen molar-refractivity contribution in [3.8, 4) is 0 Å². The van der Waals surface area contributed by atoms with Crippen LogP contribution in [0.25, 0.3) is 0 Å². The lowest BCUT2D eigenvalue weighted by molar-refractivity contribution is 0.0857. The highest BCUT2D eigenvalue weighted by Crippen LogP contribution is 2.14. The molecule has 2 amide bonds. The number of furan rings is 1. The summed E-state index contributed by atoms with van der Waals surface area (Å²) >= 11 is 0. The SMILES string of the molecule is O=C(NC[C@@H]1CCCO1)c1cccc(NC(=O)c2ccco2)c1. The van der Waals surface area contributed by atoms with Crippen LogP contribution in [0.5, 0.6) is 0 Å². The van der Waals surface area contributed by atoms with Crippen molar-refractivity contribution < 1.29 is 18.7 Å². The molecule has 23 heavy (non-hydrogen) atoms. The molecule has 1 aromatic heterocycles. The minimum Gasteiger partial charge on any atom is -0.459 e. The second kappa shape index (κ2) is 7.11. The third-order valence-corrected chi connectivity index (χ3v) is 3.64. The van der Waals surface area contributed by atoms with Crippen molar-refractivity contribution in [2.75, 3.05) is 18.5 Å². The van der Waals surface area contributed by atoms with E-state index in [1.165, 1.54) is 6.26 Å². The highest BCUT2D eigenvalue weighted by Gasteiger charge is 2.17. The molecule has 2 aromatic rings. The van der Waals surface area contributed by atoms with Gasteiger partial charge in [0, 0.05) is 24.4 Å². The average molecular weight is 314 g/mol. The average Bonchev–Trinajstić information content (AvgIpc) is 3.26. The number of rotatable bonds is 5. The molecule has 6 heteroatoms. The van der Waals surface area contributed by atoms with Gasteiger partial charge in [0.25, 0.3) is 11.8 Å². The Hall–Kier alpha value is -2.60. The Morgan fingerprint density at radius 2 is 2.09 bits per heavy atom. The van der Waals surface area contributed by atoms with Crippen LogP contribution < -0.4 is 10.6 Å². The van der Waals surface area contributed by atoms with E-state index < -0.39 is 0 Å². The molecule has 6 nitrogen and oxygen atoms in total. The van der Waals surface area contributed by atoms with Crippen molar-refractivity contribution in [3.05, 3.63) is 54.0 Å². The van der Waals surface area contributed by atoms with Crippen molar-refractivity contribution >= 4 is 17.5 Å². The monoisotopic (exact) mass is 314 g/mol. The molecule has 0 spiro atoms. The Morgan fingerprint density at radius 3 is 2.83 bits per heavy atom. The normalized spacial score (nSPS) is 17.0. The van der Waals surface area contributed by atoms with Gasteiger partial charge in [-0.2, -0.15) is 0 Å². The quantitative estimate of drug-likeness (QED) is 0.888. The Labute approximate surface area is 133 Å². The first-order valence-corrected chi connectivity index (χ1v) is 7.57. The number of hydrogen-bond donors (Lipinski definition) is 2. The van der Waals surface area contributed by atoms with Crippen molar-refractivity contribution in [2.24, 2.45) is 0 Å². The van der Waals surface area contributed by atoms with Gasteiger partial charge in [0.1, 0.15) is 0 Å². The van der Waals surface area contributed by atoms with Crippen LogP contribution >= 0.6 is 0 Å². The van der Waals surface area contributed by atoms with Crippen LogP contribution in [0, 0.1) is 0 Å². The molecular formula is C17H18N2O4. The number of amides is 2. The van der Waals surface area contributed by atoms with Gasteiger partial charge >= 0.3 is 0 Å². The van der Waals surface area contributed by atoms with Gasteiger partial charge in [0.15, 0.2) is 5.76 Å². The summed E-state index contributed by atoms with van der Waals surface area (Å²) in [6.45, 7) is 1.26. The molecule has 1 aliphatic heterocycles. The Kier molecular flexibility index (Phi) is 4.73. The Morgan fingerprint density at radius 1 is 1.17 bits per heavy atom. The maximum atomic E-state index is 12.2. The van der Waals surface area contributed by atoms with E-state index in [1.54, 1.807) is 36.4 Å². The lowest BCUT2D eigenvalue weighted by Gasteiger charge is -2.11. The molecule has 0 radical (unpaired) electrons. The van der Waals surface area contributed by atoms with Gasteiger partial charge in [-0.15, -0.1) is 0 Å². The van der Waals surface area contributed by atoms with Crippen LogP contribution in [-0.4, -0.2) is 31.1 Å². The minimum atomic E-state index is -0.355. The highest BCUT2D eigenvalue weighted by atomic mass is 16.5. The van der Waals surface area contributed by atoms with Crippen LogP contribution in [-0.2, 0) is 4.74 Å². The fourth-order valence-electron chi connectivity index (χ4n) is 2.45. The van der Waals surface area contributed by atoms with E-state index in [0.29, 0.717) is 17.8 Å². The van der Waals surface area contributed by atoms with Crippen LogP contribution in [0.1, 0.15) is 33.8 Å². The highest BCUT2D eigenvalue weighted by molar-refractivity contribution is 6.03. The fourth-order valence-corrected chi connectivity index (χ4v) is 2.45. The van der Waals surface area contributed by atoms with Crippen molar-refractivity contribution in [1.82, 2.24) is 5.32 Å². The number of nitrogens with one attached hydrogen (secondary N) is 2. The summed E-state index contributed by atoms with van der Waals surface area (Å²) in [6, 6.07) is 9.99. The van der Waals surface area contributed by atoms with E-state index in [-0.39, 0.29) is 23.7 Å². The third-order valence-electron chi connectivity index (χ3n) is 3.64. The minimum absolute atomic E-state index is 0.0980. The summed E-state index contributed by atoms with van der Waals surface area (Å²) < 4.78 is 10.5. The lowest BCUT2D eigenvalue weighted by atomic mass is 10.1. The van der Waals surface area contributed by atoms with E-state index in [9.17, 15) is 9.59 Å². The summed E-state index contributed by atoms with van der Waals surface area (Å²) in [5, 5.41) is 5.55. The first-order valence-electron chi connectivity index (χ1n) is 7.57. The molecule has 1 aromatic carbocycles. The standard InChI is InChI=1S/C17H18N2O4/c20-16(18-11-14-6-2-8-22-14)12-4-1-5-13(10-12)19-17(21)15-7-3-9-23-15/h1,3-5,7,9-10,14H,2,6,8,11H2,(H,18,20)(H,19,21)/t14-/m0/s1. The second-order valence-corrected chi connectivity index (χ2v) is 5.36. The molecule has 0 unspecified atom stereocenters. The zero-order valence-corrected chi connectivity index (χ0v) is 12.6. The summed E-state index contributed by atoms with van der Waals surface area (Å²) in [4.78, 5) is 24.1. The first-order chi connectivity index (χ1) is 11.2. The first kappa shape index (κ1) is 15.3. The van der Waals surface area contributed by atoms with E-state index in [1.807, 2.05) is 0 Å². The summed E-state index contributed by atoms with van der Waals surface area (Å²) in [5.41, 5.74) is 1.02. The predicted octanol–water partition coefficient (Wildman–Crippen LogP) is 2.44. The zero-order chi connectivity index (χ0) is 16.1. The molecule has 3 rings (SSSR count). The number of hydrogen-bond acceptors (Lipinski definition) is 4. The number of carbonyl (C=O) groups excluding carboxylic acids is 2. The molecule has 2 N–H and O–H groups in total. The number of carbonyl (C=O) groups is 2. The largest absolute Gasteiger partial charge is 0.459 e. The number of benzene rings is 1. The van der Waals surface area contributed by atoms with Crippen molar-refractivity contribution in [3.63, 3.8) is 0 Å². The van der Waals surface area contributed by atoms with E-state index >= 15 is 0 Å². The van der Waals surface area contributed by atoms with Crippen LogP contribution in [0.4, 0.5) is 5.69 Å². The molecule has 0 aliphatic carbocycles. The van der Waals surface area contributed by atoms with E-state index in [4.69, 9.17) is 9.15 Å². The van der Waals surface area contributed by atoms with Crippen molar-refractivity contribution in [1.29, 1.82) is 0 Å². The Bertz CT molecular complexity index is 676. The van der Waals surface area contributed by atoms with Crippen LogP contribution in [0.15, 0.2) is 47.1 Å². The van der Waals surface area contributed by atoms with E-state index in [2.05, 4.69) is 10.6 Å². The smallest absolute Gasteiger partial charge is 0.291 e. The van der Waals surface area contributed by atoms with E-state index in [0.717, 1.165) is 19.4 Å². The Balaban J connectivity index is 1.60. The van der Waals surface area contributed by atoms with Gasteiger partial charge in [0.2, 0.25) is 0 Å². The van der Waals surface area contributed by atoms with Crippen LogP contribution in [0.3, 0.4) is 0 Å². The fraction of sp³-hybridized carbons (Fsp3) is 0.294. The predicted molar refractivity (Wildman–Crippen MR) is 84.4 cm³/mol. The molecule has 1 fully saturated rings. The second-order valence-electron chi connectivity index (χ2n) is 5.36. The molecule has 0 bridgehead atoms. The molecule has 120 valence electrons. The molecule has 1 aliphatic rings. The van der Waals surface area contributed by atoms with Gasteiger partial charge in [-0.1, -0.05) is 6.07 Å². The molecular weight excluding hydrogens is 296 g/mol. The van der Waals surface area contributed by atoms with Gasteiger partial charge in [-0.3, -0.25) is 9.59 Å². The topological polar surface area (TPSA) is 80.6 Å². The van der Waals surface area contributed by atoms with Gasteiger partial charge in [-0.25, -0.2) is 0 Å². The maximum absolute atomic E-state index is 12.2. The van der Waals surface area contributed by atoms with Gasteiger partial charge in [-0.05, 0) is 43.2 Å². The number of anilines is 1. The summed E-state index contributed by atoms with van der Waals surface area (Å²) in [7, 11) is 0. The van der Waals surface area contributed by atoms with Crippen molar-refractivity contribution in [2.45, 2.75) is 18.9 Å². The van der Waals surface area contributed by atoms with Gasteiger partial charge in [0.05, 0.1) is 12.4 Å². The molecule has 2 heterocycles. The summed E-state index contributed by atoms with van der Waals surface area (Å²) in [6.07, 6.45) is 3.54. The lowest BCUT2D eigenvalue weighted by Crippen LogP contribution is -2.31. The van der Waals surface area contributed by atoms with Gasteiger partial charge < -0.3 is 19.8 Å². The third kappa shape index (κ3) is 3.98. The number of ether oxygens (including phenoxy) is 1.